The zero-order chi connectivity index (χ0) is 14.8. The minimum absolute atomic E-state index is 0.242. The largest absolute Gasteiger partial charge is 0.466 e. The molecule has 1 aliphatic heterocycles. The first-order valence-electron chi connectivity index (χ1n) is 7.34. The topological polar surface area (TPSA) is 63.7 Å². The summed E-state index contributed by atoms with van der Waals surface area (Å²) in [5.41, 5.74) is 0. The molecule has 0 saturated carbocycles. The van der Waals surface area contributed by atoms with E-state index in [0.717, 1.165) is 17.7 Å². The molecule has 2 amide bonds. The predicted octanol–water partition coefficient (Wildman–Crippen LogP) is 2.21. The van der Waals surface area contributed by atoms with Crippen LogP contribution in [0, 0.1) is 0 Å². The Kier molecular flexibility index (Phi) is 7.62. The number of carbonyl (C=O) groups excluding carboxylic acids is 3. The van der Waals surface area contributed by atoms with Gasteiger partial charge in [0.25, 0.3) is 11.8 Å². The Bertz CT molecular complexity index is 358. The zero-order valence-electron chi connectivity index (χ0n) is 12.1. The van der Waals surface area contributed by atoms with Crippen LogP contribution in [0.4, 0.5) is 0 Å². The van der Waals surface area contributed by atoms with Gasteiger partial charge in [-0.3, -0.25) is 19.3 Å². The van der Waals surface area contributed by atoms with E-state index in [2.05, 4.69) is 6.92 Å². The van der Waals surface area contributed by atoms with Gasteiger partial charge in [0.1, 0.15) is 0 Å². The summed E-state index contributed by atoms with van der Waals surface area (Å²) < 4.78 is 5.10. The van der Waals surface area contributed by atoms with Crippen LogP contribution in [0.1, 0.15) is 51.9 Å². The van der Waals surface area contributed by atoms with Crippen molar-refractivity contribution in [2.24, 2.45) is 0 Å². The highest BCUT2D eigenvalue weighted by molar-refractivity contribution is 6.12. The minimum atomic E-state index is -0.306. The van der Waals surface area contributed by atoms with Gasteiger partial charge in [-0.15, -0.1) is 0 Å². The zero-order valence-corrected chi connectivity index (χ0v) is 12.1. The molecule has 0 saturated heterocycles. The molecular weight excluding hydrogens is 258 g/mol. The fourth-order valence-corrected chi connectivity index (χ4v) is 2.00. The summed E-state index contributed by atoms with van der Waals surface area (Å²) in [4.78, 5) is 35.1. The molecule has 0 aliphatic carbocycles. The van der Waals surface area contributed by atoms with Crippen molar-refractivity contribution in [1.29, 1.82) is 0 Å². The van der Waals surface area contributed by atoms with Gasteiger partial charge in [-0.05, 0) is 12.8 Å². The molecule has 1 aliphatic rings. The number of rotatable bonds is 10. The number of amides is 2. The van der Waals surface area contributed by atoms with Crippen molar-refractivity contribution >= 4 is 17.8 Å². The van der Waals surface area contributed by atoms with Gasteiger partial charge < -0.3 is 4.74 Å². The molecule has 1 rings (SSSR count). The lowest BCUT2D eigenvalue weighted by atomic mass is 10.2. The SMILES string of the molecule is CCCCCCCOC(=O)CCCN1C(=O)C=CC1=O. The number of hydrogen-bond acceptors (Lipinski definition) is 4. The Morgan fingerprint density at radius 1 is 1.05 bits per heavy atom. The number of carbonyl (C=O) groups is 3. The molecule has 0 radical (unpaired) electrons. The number of imide groups is 1. The van der Waals surface area contributed by atoms with Crippen LogP contribution < -0.4 is 0 Å². The van der Waals surface area contributed by atoms with E-state index in [9.17, 15) is 14.4 Å². The van der Waals surface area contributed by atoms with Crippen LogP contribution in [0.15, 0.2) is 12.2 Å². The molecule has 5 heteroatoms. The summed E-state index contributed by atoms with van der Waals surface area (Å²) in [5.74, 6) is -0.869. The molecule has 0 aromatic heterocycles. The highest BCUT2D eigenvalue weighted by Gasteiger charge is 2.22. The van der Waals surface area contributed by atoms with Crippen LogP contribution in [0.2, 0.25) is 0 Å². The maximum atomic E-state index is 11.4. The average molecular weight is 281 g/mol. The fraction of sp³-hybridized carbons (Fsp3) is 0.667. The lowest BCUT2D eigenvalue weighted by Crippen LogP contribution is -2.31. The van der Waals surface area contributed by atoms with Crippen molar-refractivity contribution in [3.63, 3.8) is 0 Å². The highest BCUT2D eigenvalue weighted by Crippen LogP contribution is 2.07. The Morgan fingerprint density at radius 2 is 1.70 bits per heavy atom. The molecule has 1 heterocycles. The van der Waals surface area contributed by atoms with Crippen LogP contribution in [0.5, 0.6) is 0 Å². The molecule has 0 aromatic carbocycles. The maximum absolute atomic E-state index is 11.4. The summed E-state index contributed by atoms with van der Waals surface area (Å²) in [6, 6.07) is 0. The number of hydrogen-bond donors (Lipinski definition) is 0. The Hall–Kier alpha value is -1.65. The standard InChI is InChI=1S/C15H23NO4/c1-2-3-4-5-6-12-20-15(19)8-7-11-16-13(17)9-10-14(16)18/h9-10H,2-8,11-12H2,1H3. The van der Waals surface area contributed by atoms with E-state index in [4.69, 9.17) is 4.74 Å². The van der Waals surface area contributed by atoms with E-state index in [0.29, 0.717) is 13.0 Å². The maximum Gasteiger partial charge on any atom is 0.305 e. The number of ether oxygens (including phenoxy) is 1. The average Bonchev–Trinajstić information content (AvgIpc) is 2.74. The number of esters is 1. The molecule has 0 aromatic rings. The molecule has 5 nitrogen and oxygen atoms in total. The number of nitrogens with zero attached hydrogens (tertiary/aromatic N) is 1. The van der Waals surface area contributed by atoms with Crippen LogP contribution in [-0.4, -0.2) is 35.8 Å². The summed E-state index contributed by atoms with van der Waals surface area (Å²) >= 11 is 0. The summed E-state index contributed by atoms with van der Waals surface area (Å²) in [6.45, 7) is 2.90. The third-order valence-corrected chi connectivity index (χ3v) is 3.17. The third kappa shape index (κ3) is 5.99. The molecule has 0 atom stereocenters. The molecule has 0 fully saturated rings. The van der Waals surface area contributed by atoms with Crippen molar-refractivity contribution in [3.05, 3.63) is 12.2 Å². The molecular formula is C15H23NO4. The van der Waals surface area contributed by atoms with Crippen molar-refractivity contribution in [1.82, 2.24) is 4.90 Å². The van der Waals surface area contributed by atoms with E-state index < -0.39 is 0 Å². The molecule has 112 valence electrons. The van der Waals surface area contributed by atoms with Gasteiger partial charge in [0.2, 0.25) is 0 Å². The molecule has 0 bridgehead atoms. The van der Waals surface area contributed by atoms with Gasteiger partial charge in [-0.2, -0.15) is 0 Å². The Balaban J connectivity index is 2.00. The molecule has 0 unspecified atom stereocenters. The van der Waals surface area contributed by atoms with Gasteiger partial charge in [0, 0.05) is 25.1 Å². The van der Waals surface area contributed by atoms with Gasteiger partial charge in [-0.25, -0.2) is 0 Å². The molecule has 20 heavy (non-hydrogen) atoms. The van der Waals surface area contributed by atoms with E-state index in [-0.39, 0.29) is 30.7 Å². The van der Waals surface area contributed by atoms with Crippen molar-refractivity contribution in [2.75, 3.05) is 13.2 Å². The second-order valence-corrected chi connectivity index (χ2v) is 4.90. The first-order valence-corrected chi connectivity index (χ1v) is 7.34. The van der Waals surface area contributed by atoms with Crippen LogP contribution in [0.25, 0.3) is 0 Å². The first-order chi connectivity index (χ1) is 9.65. The lowest BCUT2D eigenvalue weighted by molar-refractivity contribution is -0.145. The first kappa shape index (κ1) is 16.4. The van der Waals surface area contributed by atoms with E-state index in [1.54, 1.807) is 0 Å². The third-order valence-electron chi connectivity index (χ3n) is 3.17. The highest BCUT2D eigenvalue weighted by atomic mass is 16.5. The second kappa shape index (κ2) is 9.28. The predicted molar refractivity (Wildman–Crippen MR) is 74.8 cm³/mol. The van der Waals surface area contributed by atoms with E-state index in [1.165, 1.54) is 31.4 Å². The van der Waals surface area contributed by atoms with Crippen molar-refractivity contribution in [3.8, 4) is 0 Å². The second-order valence-electron chi connectivity index (χ2n) is 4.90. The van der Waals surface area contributed by atoms with Gasteiger partial charge in [-0.1, -0.05) is 32.6 Å². The molecule has 0 N–H and O–H groups in total. The summed E-state index contributed by atoms with van der Waals surface area (Å²) in [5, 5.41) is 0. The van der Waals surface area contributed by atoms with Crippen LogP contribution in [0.3, 0.4) is 0 Å². The monoisotopic (exact) mass is 281 g/mol. The van der Waals surface area contributed by atoms with E-state index in [1.807, 2.05) is 0 Å². The van der Waals surface area contributed by atoms with Gasteiger partial charge in [0.15, 0.2) is 0 Å². The number of unbranched alkanes of at least 4 members (excludes halogenated alkanes) is 4. The fourth-order valence-electron chi connectivity index (χ4n) is 2.00. The van der Waals surface area contributed by atoms with Crippen molar-refractivity contribution in [2.45, 2.75) is 51.9 Å². The Labute approximate surface area is 120 Å². The minimum Gasteiger partial charge on any atom is -0.466 e. The normalized spacial score (nSPS) is 14.2. The smallest absolute Gasteiger partial charge is 0.305 e. The van der Waals surface area contributed by atoms with Crippen LogP contribution in [-0.2, 0) is 19.1 Å². The Morgan fingerprint density at radius 3 is 2.35 bits per heavy atom. The molecule has 0 spiro atoms. The summed E-state index contributed by atoms with van der Waals surface area (Å²) in [7, 11) is 0. The van der Waals surface area contributed by atoms with Gasteiger partial charge >= 0.3 is 5.97 Å². The van der Waals surface area contributed by atoms with Crippen LogP contribution >= 0.6 is 0 Å². The summed E-state index contributed by atoms with van der Waals surface area (Å²) in [6.07, 6.45) is 8.78. The lowest BCUT2D eigenvalue weighted by Gasteiger charge is -2.12. The van der Waals surface area contributed by atoms with E-state index >= 15 is 0 Å². The quantitative estimate of drug-likeness (QED) is 0.350. The van der Waals surface area contributed by atoms with Gasteiger partial charge in [0.05, 0.1) is 6.61 Å². The van der Waals surface area contributed by atoms with Crippen molar-refractivity contribution < 1.29 is 19.1 Å².